The zero-order valence-electron chi connectivity index (χ0n) is 14.8. The Morgan fingerprint density at radius 2 is 1.85 bits per heavy atom. The molecule has 0 radical (unpaired) electrons. The van der Waals surface area contributed by atoms with Crippen molar-refractivity contribution >= 4 is 28.0 Å². The maximum atomic E-state index is 12.8. The number of hydrogen-bond donors (Lipinski definition) is 0. The second-order valence-corrected chi connectivity index (χ2v) is 7.24. The van der Waals surface area contributed by atoms with Crippen molar-refractivity contribution in [2.24, 2.45) is 4.40 Å². The normalized spacial score (nSPS) is 11.4. The summed E-state index contributed by atoms with van der Waals surface area (Å²) in [6.07, 6.45) is 1.06. The van der Waals surface area contributed by atoms with Crippen LogP contribution in [0.4, 0.5) is 5.69 Å². The Kier molecular flexibility index (Phi) is 5.91. The minimum Gasteiger partial charge on any atom is -0.465 e. The summed E-state index contributed by atoms with van der Waals surface area (Å²) in [6, 6.07) is 10.0. The molecule has 0 spiro atoms. The molecule has 0 N–H and O–H groups in total. The van der Waals surface area contributed by atoms with Crippen molar-refractivity contribution in [1.29, 1.82) is 0 Å². The molecule has 0 aliphatic heterocycles. The van der Waals surface area contributed by atoms with Gasteiger partial charge in [0.1, 0.15) is 11.2 Å². The maximum absolute atomic E-state index is 12.8. The van der Waals surface area contributed by atoms with Crippen molar-refractivity contribution in [2.45, 2.75) is 4.90 Å². The Bertz CT molecular complexity index is 1000. The first kappa shape index (κ1) is 20.0. The fourth-order valence-corrected chi connectivity index (χ4v) is 3.47. The van der Waals surface area contributed by atoms with E-state index in [-0.39, 0.29) is 11.1 Å². The van der Waals surface area contributed by atoms with Crippen LogP contribution in [0.25, 0.3) is 11.1 Å². The van der Waals surface area contributed by atoms with Crippen LogP contribution >= 0.6 is 0 Å². The van der Waals surface area contributed by atoms with Gasteiger partial charge in [0.2, 0.25) is 0 Å². The number of carbonyl (C=O) groups excluding carboxylic acids is 1. The first-order valence-corrected chi connectivity index (χ1v) is 9.04. The summed E-state index contributed by atoms with van der Waals surface area (Å²) in [6.45, 7) is 0. The second kappa shape index (κ2) is 7.96. The highest BCUT2D eigenvalue weighted by molar-refractivity contribution is 7.90. The number of nitrogens with zero attached hydrogens (tertiary/aromatic N) is 3. The van der Waals surface area contributed by atoms with E-state index in [0.29, 0.717) is 5.56 Å². The average Bonchev–Trinajstić information content (AvgIpc) is 2.65. The third-order valence-corrected chi connectivity index (χ3v) is 4.71. The third kappa shape index (κ3) is 4.47. The first-order chi connectivity index (χ1) is 12.7. The Morgan fingerprint density at radius 1 is 1.22 bits per heavy atom. The smallest absolute Gasteiger partial charge is 0.338 e. The Labute approximate surface area is 156 Å². The van der Waals surface area contributed by atoms with Crippen LogP contribution in [0, 0.1) is 10.1 Å². The molecule has 0 bridgehead atoms. The molecule has 142 valence electrons. The number of nitro benzene ring substituents is 1. The van der Waals surface area contributed by atoms with E-state index in [1.54, 1.807) is 32.3 Å². The Hall–Kier alpha value is -3.27. The predicted molar refractivity (Wildman–Crippen MR) is 99.2 cm³/mol. The van der Waals surface area contributed by atoms with Crippen molar-refractivity contribution in [2.75, 3.05) is 21.2 Å². The molecule has 0 atom stereocenters. The Balaban J connectivity index is 2.92. The first-order valence-electron chi connectivity index (χ1n) is 7.60. The van der Waals surface area contributed by atoms with Gasteiger partial charge >= 0.3 is 5.97 Å². The summed E-state index contributed by atoms with van der Waals surface area (Å²) in [4.78, 5) is 23.7. The van der Waals surface area contributed by atoms with Crippen molar-refractivity contribution in [3.05, 3.63) is 58.1 Å². The molecule has 0 aromatic heterocycles. The van der Waals surface area contributed by atoms with Crippen molar-refractivity contribution < 1.29 is 22.9 Å². The van der Waals surface area contributed by atoms with Gasteiger partial charge in [0.25, 0.3) is 15.7 Å². The summed E-state index contributed by atoms with van der Waals surface area (Å²) in [5.74, 6) is -0.897. The number of esters is 1. The van der Waals surface area contributed by atoms with Gasteiger partial charge in [-0.25, -0.2) is 4.79 Å². The van der Waals surface area contributed by atoms with Gasteiger partial charge in [-0.2, -0.15) is 8.42 Å². The summed E-state index contributed by atoms with van der Waals surface area (Å²) in [7, 11) is -0.0962. The molecule has 0 heterocycles. The van der Waals surface area contributed by atoms with Crippen LogP contribution in [0.15, 0.2) is 51.8 Å². The average molecular weight is 391 g/mol. The maximum Gasteiger partial charge on any atom is 0.338 e. The topological polar surface area (TPSA) is 119 Å². The fourth-order valence-electron chi connectivity index (χ4n) is 2.29. The molecule has 0 unspecified atom stereocenters. The van der Waals surface area contributed by atoms with Crippen molar-refractivity contribution in [3.8, 4) is 11.1 Å². The summed E-state index contributed by atoms with van der Waals surface area (Å²) in [5, 5.41) is 11.6. The molecular weight excluding hydrogens is 374 g/mol. The lowest BCUT2D eigenvalue weighted by atomic mass is 10.0. The van der Waals surface area contributed by atoms with Gasteiger partial charge in [0, 0.05) is 20.2 Å². The van der Waals surface area contributed by atoms with Crippen LogP contribution in [0.5, 0.6) is 0 Å². The highest BCUT2D eigenvalue weighted by Crippen LogP contribution is 2.38. The van der Waals surface area contributed by atoms with E-state index in [1.807, 2.05) is 0 Å². The van der Waals surface area contributed by atoms with Gasteiger partial charge in [0.05, 0.1) is 23.2 Å². The number of benzene rings is 2. The van der Waals surface area contributed by atoms with E-state index < -0.39 is 31.5 Å². The molecule has 0 fully saturated rings. The van der Waals surface area contributed by atoms with Gasteiger partial charge in [-0.15, -0.1) is 4.40 Å². The minimum atomic E-state index is -4.34. The van der Waals surface area contributed by atoms with E-state index >= 15 is 0 Å². The molecule has 2 aromatic carbocycles. The molecule has 2 aromatic rings. The van der Waals surface area contributed by atoms with Gasteiger partial charge in [-0.05, 0) is 11.6 Å². The van der Waals surface area contributed by atoms with E-state index in [2.05, 4.69) is 9.13 Å². The lowest BCUT2D eigenvalue weighted by molar-refractivity contribution is -0.384. The number of carbonyl (C=O) groups is 1. The largest absolute Gasteiger partial charge is 0.465 e. The summed E-state index contributed by atoms with van der Waals surface area (Å²) >= 11 is 0. The van der Waals surface area contributed by atoms with Gasteiger partial charge in [-0.1, -0.05) is 30.3 Å². The van der Waals surface area contributed by atoms with E-state index in [4.69, 9.17) is 0 Å². The zero-order chi connectivity index (χ0) is 20.2. The van der Waals surface area contributed by atoms with Crippen LogP contribution in [0.2, 0.25) is 0 Å². The molecule has 0 aliphatic carbocycles. The number of sulfonamides is 1. The van der Waals surface area contributed by atoms with E-state index in [1.165, 1.54) is 17.0 Å². The minimum absolute atomic E-state index is 0.149. The molecule has 2 rings (SSSR count). The molecule has 27 heavy (non-hydrogen) atoms. The number of ether oxygens (including phenoxy) is 1. The molecule has 0 aliphatic rings. The van der Waals surface area contributed by atoms with E-state index in [9.17, 15) is 23.3 Å². The second-order valence-electron chi connectivity index (χ2n) is 5.64. The van der Waals surface area contributed by atoms with Crippen molar-refractivity contribution in [1.82, 2.24) is 4.90 Å². The molecule has 0 saturated carbocycles. The Morgan fingerprint density at radius 3 is 2.37 bits per heavy atom. The van der Waals surface area contributed by atoms with Crippen molar-refractivity contribution in [3.63, 3.8) is 0 Å². The SMILES string of the molecule is COC(=O)c1cc([N+](=O)[O-])c(-c2ccccc2)c(S(=O)(=O)N=CN(C)C)c1. The van der Waals surface area contributed by atoms with E-state index in [0.717, 1.165) is 25.6 Å². The molecule has 10 heteroatoms. The quantitative estimate of drug-likeness (QED) is 0.244. The summed E-state index contributed by atoms with van der Waals surface area (Å²) in [5.41, 5.74) is -0.645. The third-order valence-electron chi connectivity index (χ3n) is 3.46. The number of nitro groups is 1. The molecular formula is C17H17N3O6S. The van der Waals surface area contributed by atoms with Gasteiger partial charge in [-0.3, -0.25) is 10.1 Å². The molecule has 9 nitrogen and oxygen atoms in total. The van der Waals surface area contributed by atoms with Crippen LogP contribution in [0.3, 0.4) is 0 Å². The molecule has 0 amide bonds. The molecule has 0 saturated heterocycles. The number of rotatable bonds is 6. The van der Waals surface area contributed by atoms with Crippen LogP contribution in [0.1, 0.15) is 10.4 Å². The van der Waals surface area contributed by atoms with Gasteiger partial charge in [0.15, 0.2) is 0 Å². The zero-order valence-corrected chi connectivity index (χ0v) is 15.6. The highest BCUT2D eigenvalue weighted by atomic mass is 32.2. The van der Waals surface area contributed by atoms with Gasteiger partial charge < -0.3 is 9.64 Å². The number of hydrogen-bond acceptors (Lipinski definition) is 6. The van der Waals surface area contributed by atoms with Crippen LogP contribution in [-0.2, 0) is 14.8 Å². The standard InChI is InChI=1S/C17H17N3O6S/c1-19(2)11-18-27(24,25)15-10-13(17(21)26-3)9-14(20(22)23)16(15)12-7-5-4-6-8-12/h4-11H,1-3H3. The monoisotopic (exact) mass is 391 g/mol. The lowest BCUT2D eigenvalue weighted by Crippen LogP contribution is -2.12. The van der Waals surface area contributed by atoms with Crippen LogP contribution < -0.4 is 0 Å². The summed E-state index contributed by atoms with van der Waals surface area (Å²) < 4.78 is 33.7. The fraction of sp³-hybridized carbons (Fsp3) is 0.176. The van der Waals surface area contributed by atoms with Crippen LogP contribution in [-0.4, -0.2) is 51.8 Å². The highest BCUT2D eigenvalue weighted by Gasteiger charge is 2.29. The number of methoxy groups -OCH3 is 1. The predicted octanol–water partition coefficient (Wildman–Crippen LogP) is 2.33. The lowest BCUT2D eigenvalue weighted by Gasteiger charge is -2.11.